The molecule has 0 aliphatic rings. The zero-order chi connectivity index (χ0) is 36.3. The Morgan fingerprint density at radius 3 is 1.84 bits per heavy atom. The standard InChI is InChI=1S/C51H32N2O2/c1-4-13-33(14-5-1)34-23-26-38(27-24-34)53(46-21-12-20-42-41-19-10-11-22-47(41)54-49(42)46)39-28-29-40-43(35-15-6-2-7-16-35)31-37-25-30-45-50(48(37)44(40)32-39)55-51(52-45)36-17-8-3-9-18-36/h1-32H. The summed E-state index contributed by atoms with van der Waals surface area (Å²) in [7, 11) is 0. The quantitative estimate of drug-likeness (QED) is 0.162. The topological polar surface area (TPSA) is 42.4 Å². The molecule has 0 atom stereocenters. The average Bonchev–Trinajstić information content (AvgIpc) is 3.87. The van der Waals surface area contributed by atoms with Crippen molar-refractivity contribution in [1.82, 2.24) is 4.98 Å². The Morgan fingerprint density at radius 2 is 1.05 bits per heavy atom. The van der Waals surface area contributed by atoms with E-state index in [9.17, 15) is 0 Å². The van der Waals surface area contributed by atoms with Gasteiger partial charge in [-0.1, -0.05) is 133 Å². The molecule has 0 radical (unpaired) electrons. The van der Waals surface area contributed by atoms with Gasteiger partial charge in [0.15, 0.2) is 11.2 Å². The molecule has 4 heteroatoms. The van der Waals surface area contributed by atoms with E-state index in [-0.39, 0.29) is 0 Å². The Balaban J connectivity index is 1.20. The molecule has 2 aromatic heterocycles. The summed E-state index contributed by atoms with van der Waals surface area (Å²) in [5.41, 5.74) is 11.9. The molecule has 0 aliphatic heterocycles. The highest BCUT2D eigenvalue weighted by Crippen LogP contribution is 2.46. The minimum absolute atomic E-state index is 0.608. The van der Waals surface area contributed by atoms with E-state index >= 15 is 0 Å². The van der Waals surface area contributed by atoms with Crippen molar-refractivity contribution in [1.29, 1.82) is 0 Å². The number of fused-ring (bicyclic) bond motifs is 8. The van der Waals surface area contributed by atoms with E-state index in [4.69, 9.17) is 13.8 Å². The number of rotatable bonds is 6. The molecule has 11 rings (SSSR count). The van der Waals surface area contributed by atoms with Crippen molar-refractivity contribution in [2.24, 2.45) is 0 Å². The molecule has 0 saturated heterocycles. The molecule has 9 aromatic carbocycles. The van der Waals surface area contributed by atoms with Crippen molar-refractivity contribution in [2.75, 3.05) is 4.90 Å². The van der Waals surface area contributed by atoms with E-state index in [0.29, 0.717) is 5.89 Å². The van der Waals surface area contributed by atoms with E-state index in [0.717, 1.165) is 93.9 Å². The number of hydrogen-bond donors (Lipinski definition) is 0. The maximum Gasteiger partial charge on any atom is 0.227 e. The monoisotopic (exact) mass is 704 g/mol. The second-order valence-corrected chi connectivity index (χ2v) is 13.9. The van der Waals surface area contributed by atoms with Crippen LogP contribution >= 0.6 is 0 Å². The first-order valence-corrected chi connectivity index (χ1v) is 18.5. The summed E-state index contributed by atoms with van der Waals surface area (Å²) < 4.78 is 13.4. The summed E-state index contributed by atoms with van der Waals surface area (Å²) in [5, 5.41) is 6.51. The average molecular weight is 705 g/mol. The van der Waals surface area contributed by atoms with Gasteiger partial charge in [0, 0.05) is 33.1 Å². The molecule has 0 fully saturated rings. The molecule has 0 aliphatic carbocycles. The van der Waals surface area contributed by atoms with E-state index in [1.807, 2.05) is 42.5 Å². The van der Waals surface area contributed by atoms with Gasteiger partial charge in [-0.2, -0.15) is 0 Å². The fourth-order valence-electron chi connectivity index (χ4n) is 8.08. The van der Waals surface area contributed by atoms with Gasteiger partial charge in [-0.3, -0.25) is 0 Å². The normalized spacial score (nSPS) is 11.6. The summed E-state index contributed by atoms with van der Waals surface area (Å²) in [6, 6.07) is 68.0. The van der Waals surface area contributed by atoms with E-state index in [1.54, 1.807) is 0 Å². The molecule has 11 aromatic rings. The smallest absolute Gasteiger partial charge is 0.227 e. The molecule has 2 heterocycles. The summed E-state index contributed by atoms with van der Waals surface area (Å²) in [4.78, 5) is 7.29. The van der Waals surface area contributed by atoms with Crippen LogP contribution in [0.25, 0.3) is 88.3 Å². The molecule has 258 valence electrons. The van der Waals surface area contributed by atoms with E-state index < -0.39 is 0 Å². The van der Waals surface area contributed by atoms with E-state index in [1.165, 1.54) is 5.56 Å². The number of benzene rings is 9. The van der Waals surface area contributed by atoms with Gasteiger partial charge in [0.25, 0.3) is 0 Å². The predicted octanol–water partition coefficient (Wildman–Crippen LogP) is 14.5. The van der Waals surface area contributed by atoms with Crippen molar-refractivity contribution in [3.05, 3.63) is 194 Å². The number of oxazole rings is 1. The first-order chi connectivity index (χ1) is 27.3. The van der Waals surface area contributed by atoms with Gasteiger partial charge in [0.2, 0.25) is 5.89 Å². The Hall–Kier alpha value is -7.43. The van der Waals surface area contributed by atoms with Crippen LogP contribution in [0.5, 0.6) is 0 Å². The number of hydrogen-bond acceptors (Lipinski definition) is 4. The lowest BCUT2D eigenvalue weighted by Crippen LogP contribution is -2.10. The summed E-state index contributed by atoms with van der Waals surface area (Å²) in [5.74, 6) is 0.608. The van der Waals surface area contributed by atoms with Crippen molar-refractivity contribution in [3.63, 3.8) is 0 Å². The fraction of sp³-hybridized carbons (Fsp3) is 0. The van der Waals surface area contributed by atoms with Gasteiger partial charge < -0.3 is 13.7 Å². The third kappa shape index (κ3) is 5.19. The molecule has 0 saturated carbocycles. The number of para-hydroxylation sites is 2. The van der Waals surface area contributed by atoms with Crippen LogP contribution in [0.3, 0.4) is 0 Å². The summed E-state index contributed by atoms with van der Waals surface area (Å²) in [6.45, 7) is 0. The van der Waals surface area contributed by atoms with E-state index in [2.05, 4.69) is 157 Å². The predicted molar refractivity (Wildman–Crippen MR) is 227 cm³/mol. The van der Waals surface area contributed by atoms with Gasteiger partial charge in [-0.05, 0) is 99.1 Å². The van der Waals surface area contributed by atoms with Crippen LogP contribution in [0.2, 0.25) is 0 Å². The third-order valence-corrected chi connectivity index (χ3v) is 10.7. The van der Waals surface area contributed by atoms with Crippen LogP contribution < -0.4 is 4.90 Å². The zero-order valence-electron chi connectivity index (χ0n) is 29.7. The molecule has 4 nitrogen and oxygen atoms in total. The number of furan rings is 1. The van der Waals surface area contributed by atoms with Crippen LogP contribution in [0.15, 0.2) is 203 Å². The third-order valence-electron chi connectivity index (χ3n) is 10.7. The molecule has 0 bridgehead atoms. The molecule has 0 spiro atoms. The van der Waals surface area contributed by atoms with Crippen LogP contribution in [0.4, 0.5) is 17.1 Å². The SMILES string of the molecule is c1ccc(-c2ccc(N(c3ccc4c(-c5ccccc5)cc5ccc6nc(-c7ccccc7)oc6c5c4c3)c3cccc4c3oc3ccccc34)cc2)cc1. The molecule has 0 amide bonds. The number of nitrogens with zero attached hydrogens (tertiary/aromatic N) is 2. The van der Waals surface area contributed by atoms with Gasteiger partial charge in [0.05, 0.1) is 5.69 Å². The van der Waals surface area contributed by atoms with Crippen molar-refractivity contribution in [3.8, 4) is 33.7 Å². The van der Waals surface area contributed by atoms with Crippen LogP contribution in [-0.2, 0) is 0 Å². The highest BCUT2D eigenvalue weighted by atomic mass is 16.3. The van der Waals surface area contributed by atoms with Crippen molar-refractivity contribution in [2.45, 2.75) is 0 Å². The Morgan fingerprint density at radius 1 is 0.400 bits per heavy atom. The highest BCUT2D eigenvalue weighted by Gasteiger charge is 2.22. The molecular weight excluding hydrogens is 673 g/mol. The largest absolute Gasteiger partial charge is 0.454 e. The fourth-order valence-corrected chi connectivity index (χ4v) is 8.08. The van der Waals surface area contributed by atoms with Crippen molar-refractivity contribution >= 4 is 71.6 Å². The van der Waals surface area contributed by atoms with Gasteiger partial charge >= 0.3 is 0 Å². The van der Waals surface area contributed by atoms with Crippen LogP contribution in [0, 0.1) is 0 Å². The zero-order valence-corrected chi connectivity index (χ0v) is 29.7. The van der Waals surface area contributed by atoms with Gasteiger partial charge in [0.1, 0.15) is 11.1 Å². The van der Waals surface area contributed by atoms with Crippen LogP contribution in [-0.4, -0.2) is 4.98 Å². The van der Waals surface area contributed by atoms with Gasteiger partial charge in [-0.25, -0.2) is 4.98 Å². The summed E-state index contributed by atoms with van der Waals surface area (Å²) >= 11 is 0. The summed E-state index contributed by atoms with van der Waals surface area (Å²) in [6.07, 6.45) is 0. The lowest BCUT2D eigenvalue weighted by atomic mass is 9.92. The maximum atomic E-state index is 6.70. The molecule has 0 unspecified atom stereocenters. The van der Waals surface area contributed by atoms with Crippen LogP contribution in [0.1, 0.15) is 0 Å². The van der Waals surface area contributed by atoms with Crippen molar-refractivity contribution < 1.29 is 8.83 Å². The van der Waals surface area contributed by atoms with Gasteiger partial charge in [-0.15, -0.1) is 0 Å². The first kappa shape index (κ1) is 31.1. The second-order valence-electron chi connectivity index (χ2n) is 13.9. The Bertz CT molecular complexity index is 3180. The number of anilines is 3. The Labute approximate surface area is 317 Å². The molecular formula is C51H32N2O2. The lowest BCUT2D eigenvalue weighted by Gasteiger charge is -2.26. The second kappa shape index (κ2) is 12.6. The molecule has 0 N–H and O–H groups in total. The highest BCUT2D eigenvalue weighted by molar-refractivity contribution is 6.22. The number of aromatic nitrogens is 1. The maximum absolute atomic E-state index is 6.70. The molecule has 55 heavy (non-hydrogen) atoms. The first-order valence-electron chi connectivity index (χ1n) is 18.5. The minimum atomic E-state index is 0.608. The lowest BCUT2D eigenvalue weighted by molar-refractivity contribution is 0.623. The minimum Gasteiger partial charge on any atom is -0.454 e. The Kier molecular flexibility index (Phi) is 7.14.